The lowest BCUT2D eigenvalue weighted by Gasteiger charge is -2.23. The van der Waals surface area contributed by atoms with Crippen LogP contribution in [0.25, 0.3) is 0 Å². The summed E-state index contributed by atoms with van der Waals surface area (Å²) in [6.45, 7) is 4.21. The highest BCUT2D eigenvalue weighted by Crippen LogP contribution is 2.03. The maximum atomic E-state index is 12.2. The fourth-order valence-corrected chi connectivity index (χ4v) is 1.84. The number of amides is 4. The standard InChI is InChI=1S/C14H25N5O6/c1-6(2)11(14(24)25)19-13(23)8(4-9(16)20)18-12(22)7(3)17-10(21)5-15/h6-8,11H,4-5,15H2,1-3H3,(H2,16,20)(H,17,21)(H,18,22)(H,19,23)(H,24,25). The Labute approximate surface area is 144 Å². The third-order valence-corrected chi connectivity index (χ3v) is 3.22. The Morgan fingerprint density at radius 3 is 1.92 bits per heavy atom. The van der Waals surface area contributed by atoms with E-state index in [9.17, 15) is 24.0 Å². The van der Waals surface area contributed by atoms with Crippen LogP contribution in [0.3, 0.4) is 0 Å². The van der Waals surface area contributed by atoms with E-state index in [4.69, 9.17) is 16.6 Å². The smallest absolute Gasteiger partial charge is 0.326 e. The highest BCUT2D eigenvalue weighted by atomic mass is 16.4. The Morgan fingerprint density at radius 1 is 0.960 bits per heavy atom. The van der Waals surface area contributed by atoms with Gasteiger partial charge in [-0.25, -0.2) is 4.79 Å². The average molecular weight is 359 g/mol. The Hall–Kier alpha value is -2.69. The molecule has 0 bridgehead atoms. The topological polar surface area (TPSA) is 194 Å². The van der Waals surface area contributed by atoms with E-state index < -0.39 is 60.1 Å². The number of hydrogen-bond acceptors (Lipinski definition) is 6. The van der Waals surface area contributed by atoms with E-state index in [1.807, 2.05) is 0 Å². The zero-order chi connectivity index (χ0) is 19.7. The van der Waals surface area contributed by atoms with Crippen molar-refractivity contribution in [3.8, 4) is 0 Å². The van der Waals surface area contributed by atoms with Gasteiger partial charge in [0.15, 0.2) is 0 Å². The molecule has 0 saturated carbocycles. The SMILES string of the molecule is CC(NC(=O)CN)C(=O)NC(CC(N)=O)C(=O)NC(C(=O)O)C(C)C. The highest BCUT2D eigenvalue weighted by Gasteiger charge is 2.30. The van der Waals surface area contributed by atoms with Gasteiger partial charge >= 0.3 is 5.97 Å². The van der Waals surface area contributed by atoms with Gasteiger partial charge in [-0.15, -0.1) is 0 Å². The third-order valence-electron chi connectivity index (χ3n) is 3.22. The summed E-state index contributed by atoms with van der Waals surface area (Å²) in [7, 11) is 0. The maximum absolute atomic E-state index is 12.2. The van der Waals surface area contributed by atoms with E-state index in [0.717, 1.165) is 0 Å². The lowest BCUT2D eigenvalue weighted by Crippen LogP contribution is -2.57. The number of primary amides is 1. The summed E-state index contributed by atoms with van der Waals surface area (Å²) < 4.78 is 0. The molecule has 0 spiro atoms. The lowest BCUT2D eigenvalue weighted by atomic mass is 10.0. The molecule has 0 rings (SSSR count). The summed E-state index contributed by atoms with van der Waals surface area (Å²) in [5, 5.41) is 15.9. The van der Waals surface area contributed by atoms with Crippen LogP contribution in [0.5, 0.6) is 0 Å². The molecule has 3 unspecified atom stereocenters. The number of carboxylic acids is 1. The number of hydrogen-bond donors (Lipinski definition) is 6. The monoisotopic (exact) mass is 359 g/mol. The largest absolute Gasteiger partial charge is 0.480 e. The van der Waals surface area contributed by atoms with Crippen LogP contribution in [-0.4, -0.2) is 59.4 Å². The van der Waals surface area contributed by atoms with Crippen LogP contribution in [0.1, 0.15) is 27.2 Å². The van der Waals surface area contributed by atoms with Gasteiger partial charge in [-0.2, -0.15) is 0 Å². The molecule has 4 amide bonds. The van der Waals surface area contributed by atoms with Gasteiger partial charge in [-0.3, -0.25) is 19.2 Å². The van der Waals surface area contributed by atoms with E-state index in [0.29, 0.717) is 0 Å². The molecule has 0 fully saturated rings. The zero-order valence-electron chi connectivity index (χ0n) is 14.4. The Kier molecular flexibility index (Phi) is 9.13. The third kappa shape index (κ3) is 8.11. The van der Waals surface area contributed by atoms with Gasteiger partial charge < -0.3 is 32.5 Å². The van der Waals surface area contributed by atoms with E-state index >= 15 is 0 Å². The van der Waals surface area contributed by atoms with Crippen LogP contribution in [-0.2, 0) is 24.0 Å². The van der Waals surface area contributed by atoms with E-state index in [2.05, 4.69) is 16.0 Å². The van der Waals surface area contributed by atoms with Crippen molar-refractivity contribution in [2.24, 2.45) is 17.4 Å². The molecule has 0 aromatic carbocycles. The molecule has 3 atom stereocenters. The highest BCUT2D eigenvalue weighted by molar-refractivity contribution is 5.95. The van der Waals surface area contributed by atoms with Crippen molar-refractivity contribution in [2.45, 2.75) is 45.3 Å². The molecule has 0 aromatic heterocycles. The van der Waals surface area contributed by atoms with E-state index in [1.54, 1.807) is 13.8 Å². The van der Waals surface area contributed by atoms with Crippen LogP contribution in [0, 0.1) is 5.92 Å². The summed E-state index contributed by atoms with van der Waals surface area (Å²) in [6.07, 6.45) is -0.528. The van der Waals surface area contributed by atoms with Crippen LogP contribution in [0.2, 0.25) is 0 Å². The van der Waals surface area contributed by atoms with Crippen LogP contribution in [0.4, 0.5) is 0 Å². The molecule has 0 aliphatic carbocycles. The summed E-state index contributed by atoms with van der Waals surface area (Å²) in [5.41, 5.74) is 10.2. The lowest BCUT2D eigenvalue weighted by molar-refractivity contribution is -0.143. The Balaban J connectivity index is 5.08. The number of aliphatic carboxylic acids is 1. The summed E-state index contributed by atoms with van der Waals surface area (Å²) in [4.78, 5) is 57.7. The second-order valence-electron chi connectivity index (χ2n) is 5.79. The normalized spacial score (nSPS) is 14.1. The van der Waals surface area contributed by atoms with Gasteiger partial charge in [0.2, 0.25) is 23.6 Å². The number of nitrogens with two attached hydrogens (primary N) is 2. The number of carbonyl (C=O) groups is 5. The molecule has 142 valence electrons. The fraction of sp³-hybridized carbons (Fsp3) is 0.643. The quantitative estimate of drug-likeness (QED) is 0.239. The molecule has 0 aromatic rings. The van der Waals surface area contributed by atoms with Crippen LogP contribution in [0.15, 0.2) is 0 Å². The number of rotatable bonds is 10. The van der Waals surface area contributed by atoms with Crippen molar-refractivity contribution < 1.29 is 29.1 Å². The molecule has 8 N–H and O–H groups in total. The van der Waals surface area contributed by atoms with Crippen molar-refractivity contribution in [3.63, 3.8) is 0 Å². The summed E-state index contributed by atoms with van der Waals surface area (Å²) in [5.74, 6) is -4.74. The van der Waals surface area contributed by atoms with Gasteiger partial charge in [0.05, 0.1) is 13.0 Å². The molecule has 11 nitrogen and oxygen atoms in total. The van der Waals surface area contributed by atoms with Crippen molar-refractivity contribution in [1.82, 2.24) is 16.0 Å². The van der Waals surface area contributed by atoms with E-state index in [1.165, 1.54) is 6.92 Å². The second-order valence-corrected chi connectivity index (χ2v) is 5.79. The minimum atomic E-state index is -1.37. The molecule has 0 aliphatic rings. The Morgan fingerprint density at radius 2 is 1.52 bits per heavy atom. The van der Waals surface area contributed by atoms with Crippen molar-refractivity contribution in [2.75, 3.05) is 6.54 Å². The first-order chi connectivity index (χ1) is 11.5. The molecule has 0 saturated heterocycles. The van der Waals surface area contributed by atoms with Crippen molar-refractivity contribution in [1.29, 1.82) is 0 Å². The van der Waals surface area contributed by atoms with Gasteiger partial charge in [0.1, 0.15) is 18.1 Å². The first kappa shape index (κ1) is 22.3. The predicted octanol–water partition coefficient (Wildman–Crippen LogP) is -2.96. The molecule has 11 heteroatoms. The van der Waals surface area contributed by atoms with Crippen LogP contribution >= 0.6 is 0 Å². The van der Waals surface area contributed by atoms with Gasteiger partial charge in [-0.1, -0.05) is 13.8 Å². The van der Waals surface area contributed by atoms with Crippen molar-refractivity contribution >= 4 is 29.6 Å². The average Bonchev–Trinajstić information content (AvgIpc) is 2.49. The molecular formula is C14H25N5O6. The van der Waals surface area contributed by atoms with Crippen molar-refractivity contribution in [3.05, 3.63) is 0 Å². The Bertz CT molecular complexity index is 536. The minimum Gasteiger partial charge on any atom is -0.480 e. The number of carbonyl (C=O) groups excluding carboxylic acids is 4. The molecule has 25 heavy (non-hydrogen) atoms. The molecular weight excluding hydrogens is 334 g/mol. The first-order valence-corrected chi connectivity index (χ1v) is 7.60. The van der Waals surface area contributed by atoms with Gasteiger partial charge in [0, 0.05) is 0 Å². The molecule has 0 heterocycles. The van der Waals surface area contributed by atoms with Gasteiger partial charge in [-0.05, 0) is 12.8 Å². The van der Waals surface area contributed by atoms with E-state index in [-0.39, 0.29) is 6.54 Å². The molecule has 0 aliphatic heterocycles. The predicted molar refractivity (Wildman–Crippen MR) is 86.8 cm³/mol. The van der Waals surface area contributed by atoms with Crippen LogP contribution < -0.4 is 27.4 Å². The van der Waals surface area contributed by atoms with Gasteiger partial charge in [0.25, 0.3) is 0 Å². The summed E-state index contributed by atoms with van der Waals surface area (Å²) >= 11 is 0. The summed E-state index contributed by atoms with van der Waals surface area (Å²) in [6, 6.07) is -3.59. The zero-order valence-corrected chi connectivity index (χ0v) is 14.4. The fourth-order valence-electron chi connectivity index (χ4n) is 1.84. The minimum absolute atomic E-state index is 0.322. The number of carboxylic acid groups (broad SMARTS) is 1. The number of nitrogens with one attached hydrogen (secondary N) is 3. The molecule has 0 radical (unpaired) electrons. The first-order valence-electron chi connectivity index (χ1n) is 7.60. The second kappa shape index (κ2) is 10.2. The maximum Gasteiger partial charge on any atom is 0.326 e.